The van der Waals surface area contributed by atoms with Gasteiger partial charge in [0, 0.05) is 27.1 Å². The van der Waals surface area contributed by atoms with Crippen molar-refractivity contribution in [3.05, 3.63) is 24.3 Å². The zero-order valence-electron chi connectivity index (χ0n) is 11.3. The molecule has 19 heavy (non-hydrogen) atoms. The van der Waals surface area contributed by atoms with Gasteiger partial charge in [-0.3, -0.25) is 9.59 Å². The molecule has 0 atom stereocenters. The molecule has 1 heterocycles. The molecule has 1 aliphatic heterocycles. The molecule has 0 radical (unpaired) electrons. The van der Waals surface area contributed by atoms with Gasteiger partial charge in [0.2, 0.25) is 11.8 Å². The molecule has 0 aromatic heterocycles. The topological polar surface area (TPSA) is 52.7 Å². The average molecular weight is 261 g/mol. The third-order valence-electron chi connectivity index (χ3n) is 3.20. The van der Waals surface area contributed by atoms with E-state index >= 15 is 0 Å². The number of hydrogen-bond acceptors (Lipinski definition) is 3. The maximum absolute atomic E-state index is 11.9. The van der Waals surface area contributed by atoms with Crippen LogP contribution < -0.4 is 10.2 Å². The predicted molar refractivity (Wildman–Crippen MR) is 75.2 cm³/mol. The summed E-state index contributed by atoms with van der Waals surface area (Å²) in [4.78, 5) is 26.8. The van der Waals surface area contributed by atoms with Crippen LogP contribution in [0, 0.1) is 0 Å². The summed E-state index contributed by atoms with van der Waals surface area (Å²) in [5.41, 5.74) is 1.87. The molecule has 1 N–H and O–H groups in total. The van der Waals surface area contributed by atoms with Crippen molar-refractivity contribution in [1.29, 1.82) is 0 Å². The van der Waals surface area contributed by atoms with Crippen LogP contribution in [-0.2, 0) is 9.59 Å². The van der Waals surface area contributed by atoms with Crippen LogP contribution in [0.5, 0.6) is 0 Å². The van der Waals surface area contributed by atoms with Gasteiger partial charge in [0.05, 0.1) is 17.9 Å². The first-order chi connectivity index (χ1) is 9.09. The van der Waals surface area contributed by atoms with Gasteiger partial charge in [-0.25, -0.2) is 0 Å². The number of benzene rings is 1. The number of para-hydroxylation sites is 2. The molecule has 1 aromatic rings. The normalized spacial score (nSPS) is 13.8. The molecule has 0 fully saturated rings. The Morgan fingerprint density at radius 2 is 2.11 bits per heavy atom. The number of nitrogens with zero attached hydrogens (tertiary/aromatic N) is 2. The van der Waals surface area contributed by atoms with Crippen molar-refractivity contribution in [3.8, 4) is 0 Å². The fraction of sp³-hybridized carbons (Fsp3) is 0.429. The Morgan fingerprint density at radius 3 is 2.84 bits per heavy atom. The van der Waals surface area contributed by atoms with Crippen molar-refractivity contribution >= 4 is 23.2 Å². The van der Waals surface area contributed by atoms with E-state index in [9.17, 15) is 9.59 Å². The highest BCUT2D eigenvalue weighted by Crippen LogP contribution is 2.28. The number of amides is 2. The molecule has 1 aromatic carbocycles. The van der Waals surface area contributed by atoms with Crippen molar-refractivity contribution in [2.75, 3.05) is 37.4 Å². The average Bonchev–Trinajstić information content (AvgIpc) is 2.41. The summed E-state index contributed by atoms with van der Waals surface area (Å²) < 4.78 is 0. The molecule has 1 aliphatic rings. The highest BCUT2D eigenvalue weighted by Gasteiger charge is 2.23. The minimum atomic E-state index is 0.0519. The lowest BCUT2D eigenvalue weighted by molar-refractivity contribution is -0.128. The molecule has 0 bridgehead atoms. The number of carbonyl (C=O) groups is 2. The zero-order valence-corrected chi connectivity index (χ0v) is 11.3. The quantitative estimate of drug-likeness (QED) is 0.889. The van der Waals surface area contributed by atoms with E-state index in [1.807, 2.05) is 24.3 Å². The minimum Gasteiger partial charge on any atom is -0.374 e. The molecule has 5 heteroatoms. The Kier molecular flexibility index (Phi) is 4.04. The van der Waals surface area contributed by atoms with Gasteiger partial charge in [-0.2, -0.15) is 0 Å². The van der Waals surface area contributed by atoms with Crippen LogP contribution in [0.1, 0.15) is 12.8 Å². The fourth-order valence-corrected chi connectivity index (χ4v) is 2.12. The van der Waals surface area contributed by atoms with Gasteiger partial charge in [-0.1, -0.05) is 12.1 Å². The number of fused-ring (bicyclic) bond motifs is 1. The van der Waals surface area contributed by atoms with Crippen LogP contribution in [0.15, 0.2) is 24.3 Å². The number of nitrogens with one attached hydrogen (secondary N) is 1. The van der Waals surface area contributed by atoms with E-state index in [0.29, 0.717) is 25.9 Å². The van der Waals surface area contributed by atoms with E-state index in [2.05, 4.69) is 5.32 Å². The van der Waals surface area contributed by atoms with Crippen LogP contribution in [0.2, 0.25) is 0 Å². The molecule has 0 aliphatic carbocycles. The van der Waals surface area contributed by atoms with Gasteiger partial charge in [0.25, 0.3) is 0 Å². The lowest BCUT2D eigenvalue weighted by Crippen LogP contribution is -2.40. The first-order valence-electron chi connectivity index (χ1n) is 6.43. The van der Waals surface area contributed by atoms with E-state index in [0.717, 1.165) is 11.4 Å². The second kappa shape index (κ2) is 5.73. The first-order valence-corrected chi connectivity index (χ1v) is 6.43. The van der Waals surface area contributed by atoms with Crippen molar-refractivity contribution in [2.45, 2.75) is 12.8 Å². The molecule has 0 saturated heterocycles. The maximum Gasteiger partial charge on any atom is 0.246 e. The largest absolute Gasteiger partial charge is 0.374 e. The summed E-state index contributed by atoms with van der Waals surface area (Å²) in [6, 6.07) is 7.74. The minimum absolute atomic E-state index is 0.0519. The molecular formula is C14H19N3O2. The van der Waals surface area contributed by atoms with E-state index < -0.39 is 0 Å². The summed E-state index contributed by atoms with van der Waals surface area (Å²) in [6.07, 6.45) is 1.14. The van der Waals surface area contributed by atoms with Gasteiger partial charge in [-0.15, -0.1) is 0 Å². The van der Waals surface area contributed by atoms with Gasteiger partial charge in [-0.05, 0) is 18.6 Å². The van der Waals surface area contributed by atoms with Crippen LogP contribution in [-0.4, -0.2) is 43.9 Å². The summed E-state index contributed by atoms with van der Waals surface area (Å²) in [7, 11) is 3.49. The highest BCUT2D eigenvalue weighted by atomic mass is 16.2. The number of carbonyl (C=O) groups excluding carboxylic acids is 2. The second-order valence-electron chi connectivity index (χ2n) is 4.81. The Labute approximate surface area is 113 Å². The van der Waals surface area contributed by atoms with E-state index in [4.69, 9.17) is 0 Å². The van der Waals surface area contributed by atoms with E-state index in [1.54, 1.807) is 23.9 Å². The molecular weight excluding hydrogens is 242 g/mol. The van der Waals surface area contributed by atoms with Crippen LogP contribution in [0.25, 0.3) is 0 Å². The predicted octanol–water partition coefficient (Wildman–Crippen LogP) is 1.31. The van der Waals surface area contributed by atoms with Crippen molar-refractivity contribution < 1.29 is 9.59 Å². The number of anilines is 2. The van der Waals surface area contributed by atoms with Crippen molar-refractivity contribution in [1.82, 2.24) is 4.90 Å². The van der Waals surface area contributed by atoms with E-state index in [1.165, 1.54) is 0 Å². The van der Waals surface area contributed by atoms with Gasteiger partial charge in [0.1, 0.15) is 0 Å². The summed E-state index contributed by atoms with van der Waals surface area (Å²) in [5, 5.41) is 3.09. The highest BCUT2D eigenvalue weighted by molar-refractivity contribution is 6.02. The maximum atomic E-state index is 11.9. The Balaban J connectivity index is 2.00. The lowest BCUT2D eigenvalue weighted by Gasteiger charge is -2.30. The third kappa shape index (κ3) is 3.05. The number of rotatable bonds is 4. The summed E-state index contributed by atoms with van der Waals surface area (Å²) in [5.74, 6) is 0.145. The Bertz CT molecular complexity index is 485. The fourth-order valence-electron chi connectivity index (χ4n) is 2.12. The van der Waals surface area contributed by atoms with Crippen LogP contribution >= 0.6 is 0 Å². The van der Waals surface area contributed by atoms with Gasteiger partial charge in [0.15, 0.2) is 0 Å². The van der Waals surface area contributed by atoms with Crippen LogP contribution in [0.4, 0.5) is 11.4 Å². The second-order valence-corrected chi connectivity index (χ2v) is 4.81. The van der Waals surface area contributed by atoms with Gasteiger partial charge >= 0.3 is 0 Å². The monoisotopic (exact) mass is 261 g/mol. The van der Waals surface area contributed by atoms with Crippen molar-refractivity contribution in [3.63, 3.8) is 0 Å². The molecule has 2 rings (SSSR count). The summed E-state index contributed by atoms with van der Waals surface area (Å²) in [6.45, 7) is 0.899. The smallest absolute Gasteiger partial charge is 0.246 e. The third-order valence-corrected chi connectivity index (χ3v) is 3.20. The molecule has 102 valence electrons. The van der Waals surface area contributed by atoms with E-state index in [-0.39, 0.29) is 11.8 Å². The molecule has 2 amide bonds. The number of hydrogen-bond donors (Lipinski definition) is 1. The molecule has 0 unspecified atom stereocenters. The molecule has 5 nitrogen and oxygen atoms in total. The van der Waals surface area contributed by atoms with Crippen LogP contribution in [0.3, 0.4) is 0 Å². The molecule has 0 saturated carbocycles. The Morgan fingerprint density at radius 1 is 1.37 bits per heavy atom. The Hall–Kier alpha value is -2.04. The summed E-state index contributed by atoms with van der Waals surface area (Å²) >= 11 is 0. The van der Waals surface area contributed by atoms with Crippen molar-refractivity contribution in [2.24, 2.45) is 0 Å². The van der Waals surface area contributed by atoms with Gasteiger partial charge < -0.3 is 15.1 Å². The SMILES string of the molecule is CN(C)C(=O)CCCN1C(=O)CNc2ccccc21. The molecule has 0 spiro atoms. The zero-order chi connectivity index (χ0) is 13.8. The lowest BCUT2D eigenvalue weighted by atomic mass is 10.1. The first kappa shape index (κ1) is 13.4. The standard InChI is InChI=1S/C14H19N3O2/c1-16(2)13(18)8-5-9-17-12-7-4-3-6-11(12)15-10-14(17)19/h3-4,6-7,15H,5,8-10H2,1-2H3.